The molecular weight excluding hydrogens is 402 g/mol. The molecule has 5 N–H and O–H groups in total. The molecule has 3 aromatic rings. The van der Waals surface area contributed by atoms with E-state index in [1.807, 2.05) is 24.3 Å². The Morgan fingerprint density at radius 1 is 1.07 bits per heavy atom. The number of nitrogens with two attached hydrogens (primary N) is 1. The lowest BCUT2D eigenvalue weighted by molar-refractivity contribution is -0.122. The Kier molecular flexibility index (Phi) is 5.37. The molecule has 0 radical (unpaired) electrons. The van der Waals surface area contributed by atoms with E-state index in [-0.39, 0.29) is 28.1 Å². The molecule has 4 rings (SSSR count). The van der Waals surface area contributed by atoms with Crippen molar-refractivity contribution in [3.63, 3.8) is 0 Å². The Morgan fingerprint density at radius 2 is 1.77 bits per heavy atom. The number of aromatic nitrogens is 2. The summed E-state index contributed by atoms with van der Waals surface area (Å²) in [5.41, 5.74) is 7.71. The van der Waals surface area contributed by atoms with Crippen molar-refractivity contribution in [2.75, 3.05) is 23.3 Å². The van der Waals surface area contributed by atoms with Gasteiger partial charge in [-0.25, -0.2) is 0 Å². The van der Waals surface area contributed by atoms with Crippen LogP contribution in [0.2, 0.25) is 0 Å². The number of piperidine rings is 1. The van der Waals surface area contributed by atoms with Crippen LogP contribution in [0.1, 0.15) is 23.2 Å². The molecular formula is C21H21N5O3S. The minimum absolute atomic E-state index is 0.0497. The average Bonchev–Trinajstić information content (AvgIpc) is 2.73. The maximum absolute atomic E-state index is 12.6. The minimum atomic E-state index is -0.295. The molecule has 1 saturated heterocycles. The van der Waals surface area contributed by atoms with Crippen molar-refractivity contribution in [1.29, 1.82) is 0 Å². The summed E-state index contributed by atoms with van der Waals surface area (Å²) >= 11 is 4.99. The van der Waals surface area contributed by atoms with Gasteiger partial charge in [0.2, 0.25) is 5.91 Å². The van der Waals surface area contributed by atoms with Crippen LogP contribution in [-0.2, 0) is 4.79 Å². The lowest BCUT2D eigenvalue weighted by Gasteiger charge is -2.32. The largest absolute Gasteiger partial charge is 0.371 e. The van der Waals surface area contributed by atoms with Gasteiger partial charge in [0.15, 0.2) is 4.77 Å². The molecule has 9 heteroatoms. The molecule has 1 fully saturated rings. The molecule has 2 amide bonds. The molecule has 0 unspecified atom stereocenters. The van der Waals surface area contributed by atoms with E-state index in [1.54, 1.807) is 18.2 Å². The fourth-order valence-corrected chi connectivity index (χ4v) is 3.89. The third-order valence-corrected chi connectivity index (χ3v) is 5.59. The van der Waals surface area contributed by atoms with E-state index in [2.05, 4.69) is 20.2 Å². The first kappa shape index (κ1) is 19.8. The van der Waals surface area contributed by atoms with Crippen molar-refractivity contribution in [3.05, 3.63) is 63.2 Å². The van der Waals surface area contributed by atoms with Gasteiger partial charge in [-0.15, -0.1) is 0 Å². The number of hydrogen-bond donors (Lipinski definition) is 4. The third-order valence-electron chi connectivity index (χ3n) is 5.39. The topological polar surface area (TPSA) is 124 Å². The van der Waals surface area contributed by atoms with E-state index in [9.17, 15) is 14.4 Å². The first-order valence-electron chi connectivity index (χ1n) is 9.63. The molecule has 0 bridgehead atoms. The summed E-state index contributed by atoms with van der Waals surface area (Å²) in [7, 11) is 0. The van der Waals surface area contributed by atoms with Gasteiger partial charge in [-0.3, -0.25) is 19.4 Å². The number of H-pyrrole nitrogens is 2. The fraction of sp³-hybridized carbons (Fsp3) is 0.238. The van der Waals surface area contributed by atoms with Gasteiger partial charge in [0.05, 0.1) is 10.9 Å². The molecule has 2 aromatic carbocycles. The van der Waals surface area contributed by atoms with E-state index >= 15 is 0 Å². The molecule has 154 valence electrons. The van der Waals surface area contributed by atoms with E-state index in [1.165, 1.54) is 0 Å². The number of amides is 2. The Morgan fingerprint density at radius 3 is 2.43 bits per heavy atom. The Labute approximate surface area is 177 Å². The number of nitrogens with zero attached hydrogens (tertiary/aromatic N) is 1. The zero-order valence-corrected chi connectivity index (χ0v) is 16.9. The van der Waals surface area contributed by atoms with Gasteiger partial charge in [0, 0.05) is 35.9 Å². The maximum Gasteiger partial charge on any atom is 0.259 e. The van der Waals surface area contributed by atoms with Crippen molar-refractivity contribution < 1.29 is 9.59 Å². The summed E-state index contributed by atoms with van der Waals surface area (Å²) in [5, 5.41) is 3.29. The molecule has 2 heterocycles. The number of rotatable bonds is 4. The fourth-order valence-electron chi connectivity index (χ4n) is 3.69. The van der Waals surface area contributed by atoms with Crippen molar-refractivity contribution in [2.45, 2.75) is 12.8 Å². The lowest BCUT2D eigenvalue weighted by Crippen LogP contribution is -2.38. The zero-order valence-electron chi connectivity index (χ0n) is 16.1. The van der Waals surface area contributed by atoms with Gasteiger partial charge in [-0.05, 0) is 67.5 Å². The predicted octanol–water partition coefficient (Wildman–Crippen LogP) is 2.54. The molecule has 30 heavy (non-hydrogen) atoms. The molecule has 1 aliphatic rings. The van der Waals surface area contributed by atoms with Gasteiger partial charge in [0.25, 0.3) is 11.5 Å². The third kappa shape index (κ3) is 4.11. The first-order valence-corrected chi connectivity index (χ1v) is 10.0. The SMILES string of the molecule is NC(=O)C1CCN(c2ccc(NC(=O)c3ccc4c(=O)[nH]c(=S)[nH]c4c3)cc2)CC1. The van der Waals surface area contributed by atoms with Crippen LogP contribution in [0.4, 0.5) is 11.4 Å². The monoisotopic (exact) mass is 423 g/mol. The molecule has 1 aliphatic heterocycles. The summed E-state index contributed by atoms with van der Waals surface area (Å²) in [6, 6.07) is 12.4. The molecule has 0 saturated carbocycles. The molecule has 0 spiro atoms. The van der Waals surface area contributed by atoms with Crippen molar-refractivity contribution >= 4 is 46.3 Å². The number of nitrogens with one attached hydrogen (secondary N) is 3. The van der Waals surface area contributed by atoms with Gasteiger partial charge >= 0.3 is 0 Å². The molecule has 1 aromatic heterocycles. The standard InChI is InChI=1S/C21H21N5O3S/c22-18(27)12-7-9-26(10-8-12)15-4-2-14(3-5-15)23-19(28)13-1-6-16-17(11-13)24-21(30)25-20(16)29/h1-6,11-12H,7-10H2,(H2,22,27)(H,23,28)(H2,24,25,29,30). The number of carbonyl (C=O) groups excluding carboxylic acids is 2. The number of primary amides is 1. The van der Waals surface area contributed by atoms with E-state index in [4.69, 9.17) is 18.0 Å². The number of benzene rings is 2. The van der Waals surface area contributed by atoms with Crippen LogP contribution in [0.3, 0.4) is 0 Å². The predicted molar refractivity (Wildman–Crippen MR) is 118 cm³/mol. The average molecular weight is 423 g/mol. The van der Waals surface area contributed by atoms with Crippen molar-refractivity contribution in [3.8, 4) is 0 Å². The molecule has 0 aliphatic carbocycles. The van der Waals surface area contributed by atoms with Crippen molar-refractivity contribution in [2.24, 2.45) is 11.7 Å². The van der Waals surface area contributed by atoms with Crippen LogP contribution < -0.4 is 21.5 Å². The second-order valence-corrected chi connectivity index (χ2v) is 7.74. The van der Waals surface area contributed by atoms with Gasteiger partial charge in [0.1, 0.15) is 0 Å². The number of fused-ring (bicyclic) bond motifs is 1. The number of carbonyl (C=O) groups is 2. The highest BCUT2D eigenvalue weighted by Crippen LogP contribution is 2.24. The lowest BCUT2D eigenvalue weighted by atomic mass is 9.96. The van der Waals surface area contributed by atoms with Crippen LogP contribution in [-0.4, -0.2) is 34.9 Å². The van der Waals surface area contributed by atoms with Crippen LogP contribution in [0.5, 0.6) is 0 Å². The van der Waals surface area contributed by atoms with Crippen LogP contribution in [0.15, 0.2) is 47.3 Å². The summed E-state index contributed by atoms with van der Waals surface area (Å²) in [5.74, 6) is -0.564. The highest BCUT2D eigenvalue weighted by Gasteiger charge is 2.23. The number of hydrogen-bond acceptors (Lipinski definition) is 5. The van der Waals surface area contributed by atoms with Crippen molar-refractivity contribution in [1.82, 2.24) is 9.97 Å². The second kappa shape index (κ2) is 8.11. The van der Waals surface area contributed by atoms with E-state index in [0.29, 0.717) is 22.2 Å². The maximum atomic E-state index is 12.6. The summed E-state index contributed by atoms with van der Waals surface area (Å²) in [6.45, 7) is 1.55. The molecule has 8 nitrogen and oxygen atoms in total. The van der Waals surface area contributed by atoms with Crippen LogP contribution in [0, 0.1) is 10.7 Å². The van der Waals surface area contributed by atoms with Gasteiger partial charge in [-0.1, -0.05) is 0 Å². The number of anilines is 2. The highest BCUT2D eigenvalue weighted by atomic mass is 32.1. The second-order valence-electron chi connectivity index (χ2n) is 7.33. The number of aromatic amines is 2. The summed E-state index contributed by atoms with van der Waals surface area (Å²) in [6.07, 6.45) is 1.50. The summed E-state index contributed by atoms with van der Waals surface area (Å²) in [4.78, 5) is 43.5. The molecule has 0 atom stereocenters. The summed E-state index contributed by atoms with van der Waals surface area (Å²) < 4.78 is 0.209. The van der Waals surface area contributed by atoms with Crippen LogP contribution in [0.25, 0.3) is 10.9 Å². The zero-order chi connectivity index (χ0) is 21.3. The van der Waals surface area contributed by atoms with E-state index < -0.39 is 0 Å². The minimum Gasteiger partial charge on any atom is -0.371 e. The van der Waals surface area contributed by atoms with Gasteiger partial charge in [-0.2, -0.15) is 0 Å². The van der Waals surface area contributed by atoms with Gasteiger partial charge < -0.3 is 20.9 Å². The van der Waals surface area contributed by atoms with Crippen LogP contribution >= 0.6 is 12.2 Å². The Hall–Kier alpha value is -3.46. The Balaban J connectivity index is 1.45. The van der Waals surface area contributed by atoms with E-state index in [0.717, 1.165) is 31.6 Å². The quantitative estimate of drug-likeness (QED) is 0.480. The first-order chi connectivity index (χ1) is 14.4. The Bertz CT molecular complexity index is 1220. The highest BCUT2D eigenvalue weighted by molar-refractivity contribution is 7.71. The smallest absolute Gasteiger partial charge is 0.259 e. The normalized spacial score (nSPS) is 14.6.